The number of nitrogens with zero attached hydrogens (tertiary/aromatic N) is 2. The van der Waals surface area contributed by atoms with Gasteiger partial charge in [-0.15, -0.1) is 0 Å². The van der Waals surface area contributed by atoms with Crippen LogP contribution in [-0.4, -0.2) is 28.5 Å². The van der Waals surface area contributed by atoms with E-state index in [4.69, 9.17) is 9.26 Å². The molecule has 0 bridgehead atoms. The van der Waals surface area contributed by atoms with Gasteiger partial charge in [0, 0.05) is 6.42 Å². The summed E-state index contributed by atoms with van der Waals surface area (Å²) in [6, 6.07) is 7.75. The predicted octanol–water partition coefficient (Wildman–Crippen LogP) is 2.54. The van der Waals surface area contributed by atoms with Crippen LogP contribution in [0.3, 0.4) is 0 Å². The van der Waals surface area contributed by atoms with E-state index < -0.39 is 6.10 Å². The van der Waals surface area contributed by atoms with Crippen LogP contribution in [0.1, 0.15) is 43.5 Å². The first-order valence-electron chi connectivity index (χ1n) is 6.77. The Morgan fingerprint density at radius 3 is 2.60 bits per heavy atom. The molecule has 5 nitrogen and oxygen atoms in total. The summed E-state index contributed by atoms with van der Waals surface area (Å²) < 4.78 is 10.3. The number of aliphatic hydroxyl groups is 1. The van der Waals surface area contributed by atoms with E-state index in [-0.39, 0.29) is 5.92 Å². The molecule has 1 aromatic heterocycles. The molecule has 0 saturated carbocycles. The molecule has 0 aliphatic rings. The maximum Gasteiger partial charge on any atom is 0.232 e. The Kier molecular flexibility index (Phi) is 4.74. The lowest BCUT2D eigenvalue weighted by Crippen LogP contribution is -2.14. The summed E-state index contributed by atoms with van der Waals surface area (Å²) in [7, 11) is 1.64. The number of ether oxygens (including phenoxy) is 1. The van der Waals surface area contributed by atoms with Crippen LogP contribution >= 0.6 is 0 Å². The fourth-order valence-electron chi connectivity index (χ4n) is 1.97. The molecule has 0 aliphatic carbocycles. The minimum absolute atomic E-state index is 0.142. The second kappa shape index (κ2) is 6.52. The summed E-state index contributed by atoms with van der Waals surface area (Å²) in [4.78, 5) is 4.35. The van der Waals surface area contributed by atoms with Gasteiger partial charge in [0.2, 0.25) is 5.89 Å². The molecule has 0 aliphatic heterocycles. The first-order valence-corrected chi connectivity index (χ1v) is 6.77. The number of aromatic nitrogens is 2. The molecule has 2 rings (SSSR count). The summed E-state index contributed by atoms with van der Waals surface area (Å²) >= 11 is 0. The third-order valence-electron chi connectivity index (χ3n) is 3.39. The van der Waals surface area contributed by atoms with E-state index in [0.29, 0.717) is 24.6 Å². The molecular weight excluding hydrogens is 256 g/mol. The van der Waals surface area contributed by atoms with Gasteiger partial charge in [-0.1, -0.05) is 31.1 Å². The van der Waals surface area contributed by atoms with Crippen molar-refractivity contribution in [2.24, 2.45) is 0 Å². The van der Waals surface area contributed by atoms with Crippen molar-refractivity contribution in [3.8, 4) is 5.75 Å². The quantitative estimate of drug-likeness (QED) is 0.878. The molecule has 0 saturated heterocycles. The Bertz CT molecular complexity index is 536. The summed E-state index contributed by atoms with van der Waals surface area (Å²) in [5.41, 5.74) is 1.09. The third kappa shape index (κ3) is 3.36. The van der Waals surface area contributed by atoms with Crippen LogP contribution in [0.5, 0.6) is 5.75 Å². The molecule has 20 heavy (non-hydrogen) atoms. The molecule has 1 aromatic carbocycles. The lowest BCUT2D eigenvalue weighted by atomic mass is 10.0. The van der Waals surface area contributed by atoms with Gasteiger partial charge in [-0.2, -0.15) is 4.98 Å². The van der Waals surface area contributed by atoms with Gasteiger partial charge in [-0.3, -0.25) is 0 Å². The van der Waals surface area contributed by atoms with Crippen LogP contribution in [0.2, 0.25) is 0 Å². The molecule has 2 atom stereocenters. The minimum atomic E-state index is -0.454. The van der Waals surface area contributed by atoms with Crippen molar-refractivity contribution in [2.45, 2.75) is 38.7 Å². The summed E-state index contributed by atoms with van der Waals surface area (Å²) in [5.74, 6) is 1.79. The fourth-order valence-corrected chi connectivity index (χ4v) is 1.97. The predicted molar refractivity (Wildman–Crippen MR) is 74.8 cm³/mol. The number of hydrogen-bond donors (Lipinski definition) is 1. The summed E-state index contributed by atoms with van der Waals surface area (Å²) in [6.45, 7) is 3.81. The zero-order valence-corrected chi connectivity index (χ0v) is 12.0. The Labute approximate surface area is 118 Å². The number of aliphatic hydroxyl groups excluding tert-OH is 1. The van der Waals surface area contributed by atoms with E-state index in [2.05, 4.69) is 10.1 Å². The molecule has 1 N–H and O–H groups in total. The second-order valence-electron chi connectivity index (χ2n) is 4.84. The smallest absolute Gasteiger partial charge is 0.232 e. The van der Waals surface area contributed by atoms with Gasteiger partial charge in [-0.05, 0) is 24.1 Å². The molecule has 108 valence electrons. The van der Waals surface area contributed by atoms with E-state index in [9.17, 15) is 5.11 Å². The van der Waals surface area contributed by atoms with Crippen molar-refractivity contribution in [3.63, 3.8) is 0 Å². The lowest BCUT2D eigenvalue weighted by Gasteiger charge is -2.11. The number of benzene rings is 1. The van der Waals surface area contributed by atoms with E-state index in [1.165, 1.54) is 0 Å². The van der Waals surface area contributed by atoms with Crippen molar-refractivity contribution in [1.29, 1.82) is 0 Å². The summed E-state index contributed by atoms with van der Waals surface area (Å²) in [5, 5.41) is 13.8. The maximum absolute atomic E-state index is 9.79. The molecule has 2 aromatic rings. The van der Waals surface area contributed by atoms with E-state index in [0.717, 1.165) is 11.3 Å². The fraction of sp³-hybridized carbons (Fsp3) is 0.467. The SMILES string of the molecule is CCC(O)C(C)c1nc(Cc2ccc(OC)cc2)no1. The van der Waals surface area contributed by atoms with Crippen molar-refractivity contribution < 1.29 is 14.4 Å². The largest absolute Gasteiger partial charge is 0.497 e. The van der Waals surface area contributed by atoms with Crippen LogP contribution in [0.15, 0.2) is 28.8 Å². The van der Waals surface area contributed by atoms with Gasteiger partial charge in [0.05, 0.1) is 19.1 Å². The van der Waals surface area contributed by atoms with Crippen LogP contribution < -0.4 is 4.74 Å². The van der Waals surface area contributed by atoms with Crippen LogP contribution in [0.25, 0.3) is 0 Å². The van der Waals surface area contributed by atoms with Gasteiger partial charge in [0.1, 0.15) is 5.75 Å². The summed E-state index contributed by atoms with van der Waals surface area (Å²) in [6.07, 6.45) is 0.809. The van der Waals surface area contributed by atoms with E-state index in [1.807, 2.05) is 38.1 Å². The first-order chi connectivity index (χ1) is 9.63. The van der Waals surface area contributed by atoms with Crippen LogP contribution in [0.4, 0.5) is 0 Å². The molecule has 2 unspecified atom stereocenters. The van der Waals surface area contributed by atoms with Crippen molar-refractivity contribution >= 4 is 0 Å². The van der Waals surface area contributed by atoms with Crippen LogP contribution in [-0.2, 0) is 6.42 Å². The van der Waals surface area contributed by atoms with Gasteiger partial charge in [-0.25, -0.2) is 0 Å². The molecule has 0 amide bonds. The first kappa shape index (κ1) is 14.5. The van der Waals surface area contributed by atoms with Crippen molar-refractivity contribution in [2.75, 3.05) is 7.11 Å². The molecule has 0 radical (unpaired) electrons. The standard InChI is InChI=1S/C15H20N2O3/c1-4-13(18)10(2)15-16-14(17-20-15)9-11-5-7-12(19-3)8-6-11/h5-8,10,13,18H,4,9H2,1-3H3. The normalized spacial score (nSPS) is 14.0. The number of methoxy groups -OCH3 is 1. The second-order valence-corrected chi connectivity index (χ2v) is 4.84. The van der Waals surface area contributed by atoms with Gasteiger partial charge in [0.25, 0.3) is 0 Å². The Balaban J connectivity index is 2.05. The highest BCUT2D eigenvalue weighted by atomic mass is 16.5. The lowest BCUT2D eigenvalue weighted by molar-refractivity contribution is 0.129. The molecule has 0 fully saturated rings. The Morgan fingerprint density at radius 1 is 1.30 bits per heavy atom. The van der Waals surface area contributed by atoms with E-state index in [1.54, 1.807) is 7.11 Å². The monoisotopic (exact) mass is 276 g/mol. The molecule has 0 spiro atoms. The molecular formula is C15H20N2O3. The molecule has 1 heterocycles. The average Bonchev–Trinajstić information content (AvgIpc) is 2.95. The van der Waals surface area contributed by atoms with Gasteiger partial charge < -0.3 is 14.4 Å². The molecule has 5 heteroatoms. The van der Waals surface area contributed by atoms with Crippen LogP contribution in [0, 0.1) is 0 Å². The van der Waals surface area contributed by atoms with Crippen molar-refractivity contribution in [3.05, 3.63) is 41.5 Å². The van der Waals surface area contributed by atoms with Gasteiger partial charge in [0.15, 0.2) is 5.82 Å². The topological polar surface area (TPSA) is 68.4 Å². The van der Waals surface area contributed by atoms with Gasteiger partial charge >= 0.3 is 0 Å². The highest BCUT2D eigenvalue weighted by molar-refractivity contribution is 5.28. The third-order valence-corrected chi connectivity index (χ3v) is 3.39. The highest BCUT2D eigenvalue weighted by Gasteiger charge is 2.20. The van der Waals surface area contributed by atoms with E-state index >= 15 is 0 Å². The number of hydrogen-bond acceptors (Lipinski definition) is 5. The Hall–Kier alpha value is -1.88. The zero-order chi connectivity index (χ0) is 14.5. The number of rotatable bonds is 6. The maximum atomic E-state index is 9.79. The zero-order valence-electron chi connectivity index (χ0n) is 12.0. The highest BCUT2D eigenvalue weighted by Crippen LogP contribution is 2.20. The van der Waals surface area contributed by atoms with Crippen molar-refractivity contribution in [1.82, 2.24) is 10.1 Å². The Morgan fingerprint density at radius 2 is 2.00 bits per heavy atom. The average molecular weight is 276 g/mol. The minimum Gasteiger partial charge on any atom is -0.497 e.